The standard InChI is InChI=1S/C30H18N8/c1-3-7-19(8-4-1)25-17-31-29(37-35-25)23-15-13-21-11-12-22-14-16-24(34-28(22)27(21)33-23)30-32-18-26(36-38-30)20-9-5-2-6-10-20/h1-18H. The van der Waals surface area contributed by atoms with Gasteiger partial charge >= 0.3 is 0 Å². The molecule has 3 aromatic carbocycles. The van der Waals surface area contributed by atoms with E-state index in [0.717, 1.165) is 32.9 Å². The molecule has 0 amide bonds. The van der Waals surface area contributed by atoms with E-state index < -0.39 is 0 Å². The molecule has 0 radical (unpaired) electrons. The van der Waals surface area contributed by atoms with Crippen LogP contribution in [0.25, 0.3) is 67.4 Å². The van der Waals surface area contributed by atoms with Crippen LogP contribution < -0.4 is 0 Å². The van der Waals surface area contributed by atoms with Crippen LogP contribution in [-0.4, -0.2) is 40.3 Å². The lowest BCUT2D eigenvalue weighted by Gasteiger charge is -2.07. The minimum absolute atomic E-state index is 0.448. The van der Waals surface area contributed by atoms with Crippen LogP contribution in [0.15, 0.2) is 109 Å². The van der Waals surface area contributed by atoms with Crippen LogP contribution in [0.2, 0.25) is 0 Å². The fourth-order valence-corrected chi connectivity index (χ4v) is 4.28. The quantitative estimate of drug-likeness (QED) is 0.284. The molecule has 0 aliphatic rings. The summed E-state index contributed by atoms with van der Waals surface area (Å²) in [5.74, 6) is 0.896. The van der Waals surface area contributed by atoms with Gasteiger partial charge < -0.3 is 0 Å². The zero-order chi connectivity index (χ0) is 25.3. The summed E-state index contributed by atoms with van der Waals surface area (Å²) < 4.78 is 0. The third kappa shape index (κ3) is 4.00. The number of hydrogen-bond acceptors (Lipinski definition) is 8. The SMILES string of the molecule is c1ccc(-c2cnc(-c3ccc4ccc5ccc(-c6ncc(-c7ccccc7)nn6)nc5c4n3)nn2)cc1. The van der Waals surface area contributed by atoms with Gasteiger partial charge in [-0.05, 0) is 12.1 Å². The Morgan fingerprint density at radius 1 is 0.368 bits per heavy atom. The Morgan fingerprint density at radius 3 is 1.18 bits per heavy atom. The highest BCUT2D eigenvalue weighted by molar-refractivity contribution is 6.03. The van der Waals surface area contributed by atoms with Crippen LogP contribution in [0, 0.1) is 0 Å². The van der Waals surface area contributed by atoms with Gasteiger partial charge in [0.1, 0.15) is 22.8 Å². The molecule has 0 fully saturated rings. The summed E-state index contributed by atoms with van der Waals surface area (Å²) in [4.78, 5) is 18.8. The molecule has 0 atom stereocenters. The van der Waals surface area contributed by atoms with E-state index in [0.29, 0.717) is 34.4 Å². The van der Waals surface area contributed by atoms with Crippen LogP contribution >= 0.6 is 0 Å². The summed E-state index contributed by atoms with van der Waals surface area (Å²) in [6.45, 7) is 0. The highest BCUT2D eigenvalue weighted by Crippen LogP contribution is 2.27. The Labute approximate surface area is 217 Å². The van der Waals surface area contributed by atoms with Crippen molar-refractivity contribution in [2.24, 2.45) is 0 Å². The van der Waals surface area contributed by atoms with Crippen LogP contribution in [0.3, 0.4) is 0 Å². The van der Waals surface area contributed by atoms with E-state index in [1.165, 1.54) is 0 Å². The molecular formula is C30H18N8. The summed E-state index contributed by atoms with van der Waals surface area (Å²) in [5, 5.41) is 19.3. The molecule has 0 saturated carbocycles. The minimum Gasteiger partial charge on any atom is -0.242 e. The van der Waals surface area contributed by atoms with Crippen molar-refractivity contribution in [3.63, 3.8) is 0 Å². The highest BCUT2D eigenvalue weighted by atomic mass is 15.2. The van der Waals surface area contributed by atoms with Gasteiger partial charge in [-0.3, -0.25) is 0 Å². The monoisotopic (exact) mass is 490 g/mol. The van der Waals surface area contributed by atoms with Crippen LogP contribution in [0.5, 0.6) is 0 Å². The molecule has 8 heteroatoms. The van der Waals surface area contributed by atoms with E-state index >= 15 is 0 Å². The molecule has 178 valence electrons. The summed E-state index contributed by atoms with van der Waals surface area (Å²) in [7, 11) is 0. The van der Waals surface area contributed by atoms with Crippen molar-refractivity contribution in [3.05, 3.63) is 109 Å². The van der Waals surface area contributed by atoms with E-state index in [-0.39, 0.29) is 0 Å². The Bertz CT molecular complexity index is 1750. The topological polar surface area (TPSA) is 103 Å². The molecule has 0 unspecified atom stereocenters. The molecule has 0 saturated heterocycles. The fraction of sp³-hybridized carbons (Fsp3) is 0. The zero-order valence-electron chi connectivity index (χ0n) is 20.0. The maximum Gasteiger partial charge on any atom is 0.200 e. The van der Waals surface area contributed by atoms with Gasteiger partial charge in [0.15, 0.2) is 11.6 Å². The second-order valence-corrected chi connectivity index (χ2v) is 8.67. The van der Waals surface area contributed by atoms with E-state index in [1.54, 1.807) is 12.4 Å². The van der Waals surface area contributed by atoms with E-state index in [1.807, 2.05) is 97.1 Å². The van der Waals surface area contributed by atoms with Crippen molar-refractivity contribution in [1.29, 1.82) is 0 Å². The normalized spacial score (nSPS) is 11.2. The van der Waals surface area contributed by atoms with Gasteiger partial charge in [0.05, 0.1) is 23.4 Å². The van der Waals surface area contributed by atoms with Gasteiger partial charge in [-0.1, -0.05) is 84.9 Å². The molecule has 7 aromatic rings. The number of pyridine rings is 2. The average molecular weight is 491 g/mol. The molecule has 8 nitrogen and oxygen atoms in total. The second-order valence-electron chi connectivity index (χ2n) is 8.67. The highest BCUT2D eigenvalue weighted by Gasteiger charge is 2.12. The van der Waals surface area contributed by atoms with Gasteiger partial charge in [0.2, 0.25) is 0 Å². The molecule has 0 spiro atoms. The predicted octanol–water partition coefficient (Wildman–Crippen LogP) is 5.82. The molecule has 7 rings (SSSR count). The predicted molar refractivity (Wildman–Crippen MR) is 146 cm³/mol. The molecule has 0 aliphatic heterocycles. The molecule has 0 aliphatic carbocycles. The second kappa shape index (κ2) is 9.18. The first kappa shape index (κ1) is 21.8. The smallest absolute Gasteiger partial charge is 0.200 e. The van der Waals surface area contributed by atoms with Gasteiger partial charge in [0, 0.05) is 21.9 Å². The van der Waals surface area contributed by atoms with Crippen molar-refractivity contribution < 1.29 is 0 Å². The van der Waals surface area contributed by atoms with Crippen molar-refractivity contribution in [2.75, 3.05) is 0 Å². The third-order valence-corrected chi connectivity index (χ3v) is 6.24. The molecule has 4 aromatic heterocycles. The summed E-state index contributed by atoms with van der Waals surface area (Å²) in [6.07, 6.45) is 3.43. The Hall–Kier alpha value is -5.50. The molecule has 0 N–H and O–H groups in total. The summed E-state index contributed by atoms with van der Waals surface area (Å²) in [6, 6.07) is 31.5. The van der Waals surface area contributed by atoms with Gasteiger partial charge in [-0.2, -0.15) is 0 Å². The van der Waals surface area contributed by atoms with Crippen molar-refractivity contribution in [2.45, 2.75) is 0 Å². The molecule has 0 bridgehead atoms. The zero-order valence-corrected chi connectivity index (χ0v) is 20.0. The summed E-state index contributed by atoms with van der Waals surface area (Å²) >= 11 is 0. The lowest BCUT2D eigenvalue weighted by atomic mass is 10.1. The Kier molecular flexibility index (Phi) is 5.26. The maximum atomic E-state index is 4.88. The number of aromatic nitrogens is 8. The van der Waals surface area contributed by atoms with Crippen LogP contribution in [0.4, 0.5) is 0 Å². The number of nitrogens with zero attached hydrogens (tertiary/aromatic N) is 8. The van der Waals surface area contributed by atoms with E-state index in [2.05, 4.69) is 30.4 Å². The third-order valence-electron chi connectivity index (χ3n) is 6.24. The number of benzene rings is 3. The first-order valence-electron chi connectivity index (χ1n) is 12.0. The first-order chi connectivity index (χ1) is 18.8. The maximum absolute atomic E-state index is 4.88. The van der Waals surface area contributed by atoms with Crippen molar-refractivity contribution in [1.82, 2.24) is 40.3 Å². The molecule has 4 heterocycles. The lowest BCUT2D eigenvalue weighted by Crippen LogP contribution is -1.98. The number of rotatable bonds is 4. The largest absolute Gasteiger partial charge is 0.242 e. The van der Waals surface area contributed by atoms with Gasteiger partial charge in [0.25, 0.3) is 0 Å². The van der Waals surface area contributed by atoms with E-state index in [4.69, 9.17) is 9.97 Å². The molecule has 38 heavy (non-hydrogen) atoms. The van der Waals surface area contributed by atoms with E-state index in [9.17, 15) is 0 Å². The van der Waals surface area contributed by atoms with Crippen molar-refractivity contribution >= 4 is 21.8 Å². The number of fused-ring (bicyclic) bond motifs is 3. The van der Waals surface area contributed by atoms with Gasteiger partial charge in [-0.15, -0.1) is 20.4 Å². The van der Waals surface area contributed by atoms with Crippen LogP contribution in [0.1, 0.15) is 0 Å². The lowest BCUT2D eigenvalue weighted by molar-refractivity contribution is 0.978. The Morgan fingerprint density at radius 2 is 0.789 bits per heavy atom. The summed E-state index contributed by atoms with van der Waals surface area (Å²) in [5.41, 5.74) is 6.06. The fourth-order valence-electron chi connectivity index (χ4n) is 4.28. The first-order valence-corrected chi connectivity index (χ1v) is 12.0. The minimum atomic E-state index is 0.448. The molecular weight excluding hydrogens is 472 g/mol. The Balaban J connectivity index is 1.27. The number of hydrogen-bond donors (Lipinski definition) is 0. The van der Waals surface area contributed by atoms with Crippen molar-refractivity contribution in [3.8, 4) is 45.6 Å². The van der Waals surface area contributed by atoms with Gasteiger partial charge in [-0.25, -0.2) is 19.9 Å². The van der Waals surface area contributed by atoms with Crippen LogP contribution in [-0.2, 0) is 0 Å². The average Bonchev–Trinajstić information content (AvgIpc) is 3.01.